The van der Waals surface area contributed by atoms with Crippen molar-refractivity contribution in [3.05, 3.63) is 0 Å². The first-order valence-corrected chi connectivity index (χ1v) is 8.09. The molecule has 19 heavy (non-hydrogen) atoms. The average Bonchev–Trinajstić information content (AvgIpc) is 2.74. The highest BCUT2D eigenvalue weighted by atomic mass is 16.2. The molecule has 0 atom stereocenters. The van der Waals surface area contributed by atoms with Gasteiger partial charge in [0.05, 0.1) is 0 Å². The predicted octanol–water partition coefficient (Wildman–Crippen LogP) is 2.45. The van der Waals surface area contributed by atoms with Gasteiger partial charge in [-0.05, 0) is 45.2 Å². The maximum Gasteiger partial charge on any atom is 0.320 e. The summed E-state index contributed by atoms with van der Waals surface area (Å²) in [4.78, 5) is 17.0. The van der Waals surface area contributed by atoms with E-state index in [2.05, 4.69) is 22.0 Å². The van der Waals surface area contributed by atoms with Crippen molar-refractivity contribution >= 4 is 6.03 Å². The second-order valence-electron chi connectivity index (χ2n) is 5.86. The zero-order valence-electron chi connectivity index (χ0n) is 12.4. The number of piperidine rings is 1. The van der Waals surface area contributed by atoms with E-state index in [4.69, 9.17) is 0 Å². The van der Waals surface area contributed by atoms with Gasteiger partial charge in [-0.15, -0.1) is 0 Å². The molecule has 0 bridgehead atoms. The molecule has 4 heteroatoms. The minimum absolute atomic E-state index is 0.302. The van der Waals surface area contributed by atoms with Gasteiger partial charge in [-0.3, -0.25) is 0 Å². The van der Waals surface area contributed by atoms with Crippen LogP contribution in [0.2, 0.25) is 0 Å². The Bertz CT molecular complexity index is 269. The Morgan fingerprint density at radius 1 is 1.16 bits per heavy atom. The van der Waals surface area contributed by atoms with E-state index in [1.165, 1.54) is 25.7 Å². The molecule has 110 valence electrons. The Kier molecular flexibility index (Phi) is 5.95. The third-order valence-electron chi connectivity index (χ3n) is 4.34. The maximum absolute atomic E-state index is 12.8. The van der Waals surface area contributed by atoms with Gasteiger partial charge < -0.3 is 15.1 Å². The van der Waals surface area contributed by atoms with E-state index >= 15 is 0 Å². The minimum Gasteiger partial charge on any atom is -0.325 e. The Morgan fingerprint density at radius 3 is 2.37 bits per heavy atom. The number of rotatable bonds is 3. The van der Waals surface area contributed by atoms with Gasteiger partial charge in [0.15, 0.2) is 0 Å². The first-order valence-electron chi connectivity index (χ1n) is 8.09. The number of hydrogen-bond acceptors (Lipinski definition) is 2. The SMILES string of the molecule is CCCN(C(=O)N1CCCCCC1)C1CCNCC1. The summed E-state index contributed by atoms with van der Waals surface area (Å²) < 4.78 is 0. The molecular formula is C15H29N3O. The van der Waals surface area contributed by atoms with Crippen LogP contribution in [0.15, 0.2) is 0 Å². The van der Waals surface area contributed by atoms with Crippen molar-refractivity contribution < 1.29 is 4.79 Å². The summed E-state index contributed by atoms with van der Waals surface area (Å²) in [6, 6.07) is 0.757. The van der Waals surface area contributed by atoms with Crippen LogP contribution in [-0.4, -0.2) is 54.6 Å². The van der Waals surface area contributed by atoms with E-state index in [0.29, 0.717) is 12.1 Å². The highest BCUT2D eigenvalue weighted by Gasteiger charge is 2.28. The number of nitrogens with one attached hydrogen (secondary N) is 1. The van der Waals surface area contributed by atoms with Crippen LogP contribution in [0.4, 0.5) is 4.79 Å². The van der Waals surface area contributed by atoms with E-state index < -0.39 is 0 Å². The second-order valence-corrected chi connectivity index (χ2v) is 5.86. The van der Waals surface area contributed by atoms with Crippen LogP contribution in [0.25, 0.3) is 0 Å². The lowest BCUT2D eigenvalue weighted by molar-refractivity contribution is 0.123. The van der Waals surface area contributed by atoms with Crippen molar-refractivity contribution in [1.82, 2.24) is 15.1 Å². The summed E-state index contributed by atoms with van der Waals surface area (Å²) in [5.41, 5.74) is 0. The summed E-state index contributed by atoms with van der Waals surface area (Å²) in [7, 11) is 0. The summed E-state index contributed by atoms with van der Waals surface area (Å²) >= 11 is 0. The van der Waals surface area contributed by atoms with Crippen molar-refractivity contribution in [3.8, 4) is 0 Å². The number of hydrogen-bond donors (Lipinski definition) is 1. The number of urea groups is 1. The Balaban J connectivity index is 1.97. The van der Waals surface area contributed by atoms with Gasteiger partial charge in [0.25, 0.3) is 0 Å². The molecule has 2 rings (SSSR count). The molecule has 2 aliphatic heterocycles. The van der Waals surface area contributed by atoms with Crippen molar-refractivity contribution in [1.29, 1.82) is 0 Å². The zero-order valence-corrected chi connectivity index (χ0v) is 12.4. The van der Waals surface area contributed by atoms with Crippen LogP contribution in [0.5, 0.6) is 0 Å². The summed E-state index contributed by atoms with van der Waals surface area (Å²) in [6.45, 7) is 7.12. The molecule has 2 aliphatic rings. The molecule has 0 radical (unpaired) electrons. The molecule has 0 saturated carbocycles. The molecule has 0 aliphatic carbocycles. The van der Waals surface area contributed by atoms with Gasteiger partial charge in [0.1, 0.15) is 0 Å². The first-order chi connectivity index (χ1) is 9.33. The maximum atomic E-state index is 12.8. The van der Waals surface area contributed by atoms with Crippen LogP contribution < -0.4 is 5.32 Å². The van der Waals surface area contributed by atoms with Crippen LogP contribution >= 0.6 is 0 Å². The van der Waals surface area contributed by atoms with Gasteiger partial charge in [-0.1, -0.05) is 19.8 Å². The third-order valence-corrected chi connectivity index (χ3v) is 4.34. The number of amides is 2. The summed E-state index contributed by atoms with van der Waals surface area (Å²) in [5.74, 6) is 0. The summed E-state index contributed by atoms with van der Waals surface area (Å²) in [5, 5.41) is 3.39. The molecule has 0 aromatic carbocycles. The zero-order chi connectivity index (χ0) is 13.5. The van der Waals surface area contributed by atoms with E-state index in [1.807, 2.05) is 0 Å². The molecule has 2 saturated heterocycles. The van der Waals surface area contributed by atoms with E-state index in [-0.39, 0.29) is 0 Å². The lowest BCUT2D eigenvalue weighted by atomic mass is 10.0. The molecule has 0 unspecified atom stereocenters. The number of nitrogens with zero attached hydrogens (tertiary/aromatic N) is 2. The van der Waals surface area contributed by atoms with Gasteiger partial charge in [-0.25, -0.2) is 4.79 Å². The fourth-order valence-corrected chi connectivity index (χ4v) is 3.24. The molecule has 2 amide bonds. The van der Waals surface area contributed by atoms with Gasteiger partial charge in [-0.2, -0.15) is 0 Å². The normalized spacial score (nSPS) is 22.1. The van der Waals surface area contributed by atoms with Gasteiger partial charge >= 0.3 is 6.03 Å². The molecular weight excluding hydrogens is 238 g/mol. The molecule has 0 spiro atoms. The molecule has 1 N–H and O–H groups in total. The van der Waals surface area contributed by atoms with E-state index in [0.717, 1.165) is 52.0 Å². The molecule has 2 fully saturated rings. The molecule has 4 nitrogen and oxygen atoms in total. The Labute approximate surface area is 117 Å². The number of carbonyl (C=O) groups excluding carboxylic acids is 1. The highest BCUT2D eigenvalue weighted by Crippen LogP contribution is 2.17. The highest BCUT2D eigenvalue weighted by molar-refractivity contribution is 5.74. The number of carbonyl (C=O) groups is 1. The van der Waals surface area contributed by atoms with Crippen molar-refractivity contribution in [2.75, 3.05) is 32.7 Å². The fourth-order valence-electron chi connectivity index (χ4n) is 3.24. The van der Waals surface area contributed by atoms with Crippen LogP contribution in [-0.2, 0) is 0 Å². The second kappa shape index (κ2) is 7.73. The lowest BCUT2D eigenvalue weighted by Crippen LogP contribution is -2.51. The Morgan fingerprint density at radius 2 is 1.79 bits per heavy atom. The standard InChI is InChI=1S/C15H29N3O/c1-2-11-18(14-7-9-16-10-8-14)15(19)17-12-5-3-4-6-13-17/h14,16H,2-13H2,1H3. The van der Waals surface area contributed by atoms with Crippen LogP contribution in [0, 0.1) is 0 Å². The van der Waals surface area contributed by atoms with Crippen LogP contribution in [0.1, 0.15) is 51.9 Å². The summed E-state index contributed by atoms with van der Waals surface area (Å²) in [6.07, 6.45) is 8.20. The quantitative estimate of drug-likeness (QED) is 0.852. The molecule has 2 heterocycles. The fraction of sp³-hybridized carbons (Fsp3) is 0.933. The van der Waals surface area contributed by atoms with E-state index in [1.54, 1.807) is 0 Å². The van der Waals surface area contributed by atoms with Crippen molar-refractivity contribution in [2.45, 2.75) is 57.9 Å². The molecule has 0 aromatic heterocycles. The van der Waals surface area contributed by atoms with Crippen molar-refractivity contribution in [3.63, 3.8) is 0 Å². The third kappa shape index (κ3) is 4.10. The topological polar surface area (TPSA) is 35.6 Å². The average molecular weight is 267 g/mol. The predicted molar refractivity (Wildman–Crippen MR) is 78.3 cm³/mol. The lowest BCUT2D eigenvalue weighted by Gasteiger charge is -2.37. The monoisotopic (exact) mass is 267 g/mol. The van der Waals surface area contributed by atoms with Gasteiger partial charge in [0, 0.05) is 25.7 Å². The smallest absolute Gasteiger partial charge is 0.320 e. The minimum atomic E-state index is 0.302. The molecule has 0 aromatic rings. The Hall–Kier alpha value is -0.770. The number of likely N-dealkylation sites (tertiary alicyclic amines) is 1. The van der Waals surface area contributed by atoms with Crippen LogP contribution in [0.3, 0.4) is 0 Å². The largest absolute Gasteiger partial charge is 0.325 e. The first kappa shape index (κ1) is 14.6. The van der Waals surface area contributed by atoms with E-state index in [9.17, 15) is 4.79 Å². The van der Waals surface area contributed by atoms with Crippen molar-refractivity contribution in [2.24, 2.45) is 0 Å². The van der Waals surface area contributed by atoms with Gasteiger partial charge in [0.2, 0.25) is 0 Å².